The molecule has 1 aliphatic carbocycles. The molecule has 0 radical (unpaired) electrons. The highest BCUT2D eigenvalue weighted by atomic mass is 16.5. The molecule has 2 fully saturated rings. The maximum Gasteiger partial charge on any atom is 0.259 e. The topological polar surface area (TPSA) is 58.4 Å². The minimum absolute atomic E-state index is 0.0897. The lowest BCUT2D eigenvalue weighted by molar-refractivity contribution is 0.0702. The van der Waals surface area contributed by atoms with Crippen molar-refractivity contribution in [3.8, 4) is 0 Å². The van der Waals surface area contributed by atoms with Crippen LogP contribution in [-0.4, -0.2) is 41.6 Å². The number of aromatic nitrogens is 1. The van der Waals surface area contributed by atoms with E-state index in [0.29, 0.717) is 23.3 Å². The smallest absolute Gasteiger partial charge is 0.259 e. The highest BCUT2D eigenvalue weighted by Gasteiger charge is 2.35. The van der Waals surface area contributed by atoms with Crippen molar-refractivity contribution in [1.82, 2.24) is 15.4 Å². The van der Waals surface area contributed by atoms with E-state index in [-0.39, 0.29) is 5.91 Å². The lowest BCUT2D eigenvalue weighted by Crippen LogP contribution is -2.42. The zero-order chi connectivity index (χ0) is 13.2. The van der Waals surface area contributed by atoms with Crippen LogP contribution in [0.5, 0.6) is 0 Å². The molecule has 1 aliphatic heterocycles. The third-order valence-electron chi connectivity index (χ3n) is 4.08. The van der Waals surface area contributed by atoms with E-state index in [1.54, 1.807) is 13.1 Å². The van der Waals surface area contributed by atoms with Gasteiger partial charge >= 0.3 is 0 Å². The molecule has 2 aliphatic rings. The first-order chi connectivity index (χ1) is 9.25. The second-order valence-corrected chi connectivity index (χ2v) is 5.70. The van der Waals surface area contributed by atoms with Crippen LogP contribution in [0.3, 0.4) is 0 Å². The van der Waals surface area contributed by atoms with Gasteiger partial charge < -0.3 is 14.7 Å². The number of aryl methyl sites for hydroxylation is 1. The minimum atomic E-state index is 0.0897. The number of amides is 1. The first kappa shape index (κ1) is 12.7. The van der Waals surface area contributed by atoms with Crippen LogP contribution in [-0.2, 0) is 0 Å². The Kier molecular flexibility index (Phi) is 3.55. The zero-order valence-corrected chi connectivity index (χ0v) is 11.4. The molecule has 1 aromatic rings. The average molecular weight is 263 g/mol. The summed E-state index contributed by atoms with van der Waals surface area (Å²) in [4.78, 5) is 14.6. The van der Waals surface area contributed by atoms with Crippen molar-refractivity contribution >= 4 is 5.91 Å². The van der Waals surface area contributed by atoms with Gasteiger partial charge in [-0.3, -0.25) is 4.79 Å². The van der Waals surface area contributed by atoms with Crippen LogP contribution in [0, 0.1) is 12.8 Å². The van der Waals surface area contributed by atoms with Crippen LogP contribution in [0.2, 0.25) is 0 Å². The van der Waals surface area contributed by atoms with Gasteiger partial charge in [-0.15, -0.1) is 0 Å². The number of piperidine rings is 1. The molecule has 5 heteroatoms. The Bertz CT molecular complexity index is 447. The molecule has 0 bridgehead atoms. The van der Waals surface area contributed by atoms with E-state index in [2.05, 4.69) is 10.5 Å². The third-order valence-corrected chi connectivity index (χ3v) is 4.08. The molecule has 1 unspecified atom stereocenters. The van der Waals surface area contributed by atoms with Crippen molar-refractivity contribution in [2.24, 2.45) is 5.92 Å². The summed E-state index contributed by atoms with van der Waals surface area (Å²) in [5.74, 6) is 1.29. The Balaban J connectivity index is 1.70. The van der Waals surface area contributed by atoms with Crippen LogP contribution in [0.4, 0.5) is 0 Å². The molecule has 1 N–H and O–H groups in total. The lowest BCUT2D eigenvalue weighted by Gasteiger charge is -2.30. The largest absolute Gasteiger partial charge is 0.361 e. The van der Waals surface area contributed by atoms with Crippen molar-refractivity contribution in [3.63, 3.8) is 0 Å². The van der Waals surface area contributed by atoms with E-state index < -0.39 is 0 Å². The van der Waals surface area contributed by atoms with Gasteiger partial charge in [0.1, 0.15) is 11.3 Å². The number of rotatable bonds is 4. The van der Waals surface area contributed by atoms with Crippen molar-refractivity contribution in [3.05, 3.63) is 17.5 Å². The fourth-order valence-corrected chi connectivity index (χ4v) is 2.80. The lowest BCUT2D eigenvalue weighted by atomic mass is 9.98. The molecule has 19 heavy (non-hydrogen) atoms. The summed E-state index contributed by atoms with van der Waals surface area (Å²) in [6, 6.07) is 0.434. The van der Waals surface area contributed by atoms with Gasteiger partial charge in [0.05, 0.1) is 6.20 Å². The molecule has 104 valence electrons. The van der Waals surface area contributed by atoms with E-state index >= 15 is 0 Å². The standard InChI is InChI=1S/C14H21N3O2/c1-10-13(8-16-19-10)14(18)17(12-4-5-12)9-11-3-2-6-15-7-11/h8,11-12,15H,2-7,9H2,1H3. The second-order valence-electron chi connectivity index (χ2n) is 5.70. The Hall–Kier alpha value is -1.36. The predicted octanol–water partition coefficient (Wildman–Crippen LogP) is 1.59. The normalized spacial score (nSPS) is 23.3. The van der Waals surface area contributed by atoms with E-state index in [4.69, 9.17) is 4.52 Å². The highest BCUT2D eigenvalue weighted by molar-refractivity contribution is 5.95. The fraction of sp³-hybridized carbons (Fsp3) is 0.714. The number of nitrogens with one attached hydrogen (secondary N) is 1. The zero-order valence-electron chi connectivity index (χ0n) is 11.4. The second kappa shape index (κ2) is 5.33. The molecule has 1 aromatic heterocycles. The number of hydrogen-bond donors (Lipinski definition) is 1. The summed E-state index contributed by atoms with van der Waals surface area (Å²) in [5, 5.41) is 7.13. The number of carbonyl (C=O) groups is 1. The van der Waals surface area contributed by atoms with Crippen molar-refractivity contribution in [2.45, 2.75) is 38.6 Å². The van der Waals surface area contributed by atoms with Gasteiger partial charge in [0.2, 0.25) is 0 Å². The summed E-state index contributed by atoms with van der Waals surface area (Å²) < 4.78 is 5.02. The Morgan fingerprint density at radius 2 is 2.37 bits per heavy atom. The first-order valence-corrected chi connectivity index (χ1v) is 7.18. The van der Waals surface area contributed by atoms with E-state index in [9.17, 15) is 4.79 Å². The molecule has 1 saturated carbocycles. The van der Waals surface area contributed by atoms with E-state index in [1.807, 2.05) is 4.90 Å². The molecule has 3 rings (SSSR count). The highest BCUT2D eigenvalue weighted by Crippen LogP contribution is 2.30. The van der Waals surface area contributed by atoms with Crippen LogP contribution in [0.1, 0.15) is 41.8 Å². The molecule has 1 amide bonds. The van der Waals surface area contributed by atoms with Gasteiger partial charge in [-0.1, -0.05) is 5.16 Å². The summed E-state index contributed by atoms with van der Waals surface area (Å²) in [5.41, 5.74) is 0.621. The minimum Gasteiger partial charge on any atom is -0.361 e. The Labute approximate surface area is 113 Å². The summed E-state index contributed by atoms with van der Waals surface area (Å²) in [6.07, 6.45) is 6.24. The molecule has 0 aromatic carbocycles. The van der Waals surface area contributed by atoms with Crippen molar-refractivity contribution < 1.29 is 9.32 Å². The maximum absolute atomic E-state index is 12.6. The summed E-state index contributed by atoms with van der Waals surface area (Å²) in [6.45, 7) is 4.80. The maximum atomic E-state index is 12.6. The monoisotopic (exact) mass is 263 g/mol. The Morgan fingerprint density at radius 1 is 1.53 bits per heavy atom. The molecule has 1 saturated heterocycles. The van der Waals surface area contributed by atoms with Gasteiger partial charge in [-0.05, 0) is 51.6 Å². The molecule has 5 nitrogen and oxygen atoms in total. The number of carbonyl (C=O) groups excluding carboxylic acids is 1. The number of hydrogen-bond acceptors (Lipinski definition) is 4. The van der Waals surface area contributed by atoms with Crippen LogP contribution in [0.25, 0.3) is 0 Å². The average Bonchev–Trinajstić information content (AvgIpc) is 3.18. The predicted molar refractivity (Wildman–Crippen MR) is 70.9 cm³/mol. The SMILES string of the molecule is Cc1oncc1C(=O)N(CC1CCCNC1)C1CC1. The van der Waals surface area contributed by atoms with Gasteiger partial charge in [0.25, 0.3) is 5.91 Å². The quantitative estimate of drug-likeness (QED) is 0.896. The third kappa shape index (κ3) is 2.81. The van der Waals surface area contributed by atoms with Crippen molar-refractivity contribution in [1.29, 1.82) is 0 Å². The van der Waals surface area contributed by atoms with Gasteiger partial charge in [0.15, 0.2) is 0 Å². The number of nitrogens with zero attached hydrogens (tertiary/aromatic N) is 2. The molecular formula is C14H21N3O2. The summed E-state index contributed by atoms with van der Waals surface area (Å²) >= 11 is 0. The van der Waals surface area contributed by atoms with Gasteiger partial charge in [0, 0.05) is 12.6 Å². The van der Waals surface area contributed by atoms with Crippen molar-refractivity contribution in [2.75, 3.05) is 19.6 Å². The van der Waals surface area contributed by atoms with E-state index in [0.717, 1.165) is 32.5 Å². The molecule has 1 atom stereocenters. The van der Waals surface area contributed by atoms with Crippen LogP contribution >= 0.6 is 0 Å². The van der Waals surface area contributed by atoms with Crippen LogP contribution < -0.4 is 5.32 Å². The van der Waals surface area contributed by atoms with Crippen LogP contribution in [0.15, 0.2) is 10.7 Å². The van der Waals surface area contributed by atoms with Gasteiger partial charge in [-0.25, -0.2) is 0 Å². The first-order valence-electron chi connectivity index (χ1n) is 7.18. The Morgan fingerprint density at radius 3 is 2.95 bits per heavy atom. The molecule has 0 spiro atoms. The molecule has 2 heterocycles. The molecular weight excluding hydrogens is 242 g/mol. The summed E-state index contributed by atoms with van der Waals surface area (Å²) in [7, 11) is 0. The fourth-order valence-electron chi connectivity index (χ4n) is 2.80. The van der Waals surface area contributed by atoms with Gasteiger partial charge in [-0.2, -0.15) is 0 Å². The van der Waals surface area contributed by atoms with E-state index in [1.165, 1.54) is 12.8 Å².